The van der Waals surface area contributed by atoms with Gasteiger partial charge in [-0.3, -0.25) is 4.98 Å². The van der Waals surface area contributed by atoms with E-state index in [9.17, 15) is 5.11 Å². The summed E-state index contributed by atoms with van der Waals surface area (Å²) in [7, 11) is 3.32. The largest absolute Gasteiger partial charge is 0.493 e. The second kappa shape index (κ2) is 5.29. The number of fused-ring (bicyclic) bond motifs is 1. The third-order valence-corrected chi connectivity index (χ3v) is 4.11. The molecule has 3 rings (SSSR count). The van der Waals surface area contributed by atoms with Crippen molar-refractivity contribution in [1.82, 2.24) is 4.98 Å². The fourth-order valence-corrected chi connectivity index (χ4v) is 2.85. The Hall–Kier alpha value is -1.81. The van der Waals surface area contributed by atoms with Gasteiger partial charge in [0.1, 0.15) is 0 Å². The predicted molar refractivity (Wildman–Crippen MR) is 77.4 cm³/mol. The van der Waals surface area contributed by atoms with Crippen molar-refractivity contribution in [3.8, 4) is 11.5 Å². The van der Waals surface area contributed by atoms with E-state index in [4.69, 9.17) is 9.47 Å². The molecule has 20 heavy (non-hydrogen) atoms. The molecule has 1 aromatic carbocycles. The van der Waals surface area contributed by atoms with E-state index >= 15 is 0 Å². The van der Waals surface area contributed by atoms with Crippen molar-refractivity contribution in [2.45, 2.75) is 31.8 Å². The molecule has 0 amide bonds. The molecule has 1 aliphatic carbocycles. The Balaban J connectivity index is 2.28. The molecule has 4 nitrogen and oxygen atoms in total. The summed E-state index contributed by atoms with van der Waals surface area (Å²) in [5.74, 6) is 2.05. The molecule has 0 bridgehead atoms. The molecule has 1 saturated carbocycles. The lowest BCUT2D eigenvalue weighted by Gasteiger charge is -2.29. The summed E-state index contributed by atoms with van der Waals surface area (Å²) in [5.41, 5.74) is 2.73. The van der Waals surface area contributed by atoms with Gasteiger partial charge in [-0.1, -0.05) is 12.5 Å². The van der Waals surface area contributed by atoms with Gasteiger partial charge in [0.2, 0.25) is 0 Å². The number of aromatic nitrogens is 1. The Morgan fingerprint density at radius 1 is 1.25 bits per heavy atom. The van der Waals surface area contributed by atoms with E-state index in [1.165, 1.54) is 24.8 Å². The first kappa shape index (κ1) is 13.2. The first-order chi connectivity index (χ1) is 9.78. The van der Waals surface area contributed by atoms with E-state index in [0.717, 1.165) is 16.7 Å². The van der Waals surface area contributed by atoms with Crippen LogP contribution in [0.5, 0.6) is 11.5 Å². The predicted octanol–water partition coefficient (Wildman–Crippen LogP) is 3.01. The Bertz CT molecular complexity index is 635. The summed E-state index contributed by atoms with van der Waals surface area (Å²) in [5, 5.41) is 10.3. The highest BCUT2D eigenvalue weighted by Gasteiger charge is 2.27. The van der Waals surface area contributed by atoms with Crippen LogP contribution in [0.2, 0.25) is 0 Å². The number of hydrogen-bond donors (Lipinski definition) is 1. The van der Waals surface area contributed by atoms with Crippen molar-refractivity contribution in [3.63, 3.8) is 0 Å². The molecule has 2 aromatic rings. The van der Waals surface area contributed by atoms with Gasteiger partial charge in [-0.05, 0) is 24.8 Å². The summed E-state index contributed by atoms with van der Waals surface area (Å²) in [6.45, 7) is -0.0525. The quantitative estimate of drug-likeness (QED) is 0.930. The Morgan fingerprint density at radius 3 is 2.60 bits per heavy atom. The second-order valence-electron chi connectivity index (χ2n) is 5.18. The SMILES string of the molecule is COc1cc2nc(CO)ccc2c(C2CCC2)c1OC. The zero-order valence-corrected chi connectivity index (χ0v) is 11.8. The Kier molecular flexibility index (Phi) is 3.49. The molecule has 4 heteroatoms. The molecule has 0 aliphatic heterocycles. The van der Waals surface area contributed by atoms with Gasteiger partial charge < -0.3 is 14.6 Å². The maximum Gasteiger partial charge on any atom is 0.164 e. The van der Waals surface area contributed by atoms with E-state index < -0.39 is 0 Å². The van der Waals surface area contributed by atoms with Crippen LogP contribution in [0.1, 0.15) is 36.4 Å². The first-order valence-corrected chi connectivity index (χ1v) is 6.93. The van der Waals surface area contributed by atoms with Gasteiger partial charge in [-0.2, -0.15) is 0 Å². The maximum atomic E-state index is 9.24. The first-order valence-electron chi connectivity index (χ1n) is 6.93. The highest BCUT2D eigenvalue weighted by atomic mass is 16.5. The lowest BCUT2D eigenvalue weighted by molar-refractivity contribution is 0.277. The molecule has 1 fully saturated rings. The van der Waals surface area contributed by atoms with Gasteiger partial charge >= 0.3 is 0 Å². The van der Waals surface area contributed by atoms with Crippen molar-refractivity contribution in [2.24, 2.45) is 0 Å². The van der Waals surface area contributed by atoms with Crippen LogP contribution in [0, 0.1) is 0 Å². The van der Waals surface area contributed by atoms with Crippen LogP contribution in [-0.4, -0.2) is 24.3 Å². The summed E-state index contributed by atoms with van der Waals surface area (Å²) in [6, 6.07) is 5.79. The number of hydrogen-bond acceptors (Lipinski definition) is 4. The summed E-state index contributed by atoms with van der Waals surface area (Å²) >= 11 is 0. The number of pyridine rings is 1. The molecular weight excluding hydrogens is 254 g/mol. The van der Waals surface area contributed by atoms with Gasteiger partial charge in [0.15, 0.2) is 11.5 Å². The fraction of sp³-hybridized carbons (Fsp3) is 0.438. The average Bonchev–Trinajstić information content (AvgIpc) is 2.44. The number of rotatable bonds is 4. The van der Waals surface area contributed by atoms with E-state index in [1.807, 2.05) is 18.2 Å². The van der Waals surface area contributed by atoms with Crippen LogP contribution in [0.4, 0.5) is 0 Å². The van der Waals surface area contributed by atoms with Crippen LogP contribution in [0.15, 0.2) is 18.2 Å². The smallest absolute Gasteiger partial charge is 0.164 e. The van der Waals surface area contributed by atoms with E-state index in [-0.39, 0.29) is 6.61 Å². The molecule has 1 aromatic heterocycles. The van der Waals surface area contributed by atoms with E-state index in [0.29, 0.717) is 17.4 Å². The lowest BCUT2D eigenvalue weighted by Crippen LogP contribution is -2.12. The summed E-state index contributed by atoms with van der Waals surface area (Å²) < 4.78 is 11.0. The van der Waals surface area contributed by atoms with Crippen LogP contribution in [0.25, 0.3) is 10.9 Å². The van der Waals surface area contributed by atoms with Crippen LogP contribution < -0.4 is 9.47 Å². The molecule has 0 atom stereocenters. The fourth-order valence-electron chi connectivity index (χ4n) is 2.85. The van der Waals surface area contributed by atoms with Crippen molar-refractivity contribution in [2.75, 3.05) is 14.2 Å². The number of methoxy groups -OCH3 is 2. The van der Waals surface area contributed by atoms with Crippen molar-refractivity contribution < 1.29 is 14.6 Å². The molecule has 106 valence electrons. The summed E-state index contributed by atoms with van der Waals surface area (Å²) in [6.07, 6.45) is 3.62. The lowest BCUT2D eigenvalue weighted by atomic mass is 9.78. The van der Waals surface area contributed by atoms with Crippen LogP contribution in [0.3, 0.4) is 0 Å². The van der Waals surface area contributed by atoms with Crippen molar-refractivity contribution >= 4 is 10.9 Å². The van der Waals surface area contributed by atoms with Gasteiger partial charge in [0, 0.05) is 17.0 Å². The molecule has 0 unspecified atom stereocenters. The van der Waals surface area contributed by atoms with Crippen LogP contribution >= 0.6 is 0 Å². The Labute approximate surface area is 118 Å². The van der Waals surface area contributed by atoms with E-state index in [2.05, 4.69) is 4.98 Å². The molecule has 0 radical (unpaired) electrons. The van der Waals surface area contributed by atoms with Crippen LogP contribution in [-0.2, 0) is 6.61 Å². The number of aliphatic hydroxyl groups excluding tert-OH is 1. The van der Waals surface area contributed by atoms with Gasteiger partial charge in [-0.15, -0.1) is 0 Å². The molecular formula is C16H19NO3. The minimum Gasteiger partial charge on any atom is -0.493 e. The molecule has 0 saturated heterocycles. The number of ether oxygens (including phenoxy) is 2. The zero-order valence-electron chi connectivity index (χ0n) is 11.8. The topological polar surface area (TPSA) is 51.6 Å². The molecule has 1 N–H and O–H groups in total. The average molecular weight is 273 g/mol. The highest BCUT2D eigenvalue weighted by Crippen LogP contribution is 2.47. The van der Waals surface area contributed by atoms with Gasteiger partial charge in [0.05, 0.1) is 32.0 Å². The standard InChI is InChI=1S/C16H19NO3/c1-19-14-8-13-12(7-6-11(9-18)17-13)15(16(14)20-2)10-4-3-5-10/h6-8,10,18H,3-5,9H2,1-2H3. The normalized spacial score (nSPS) is 15.2. The zero-order chi connectivity index (χ0) is 14.1. The number of benzene rings is 1. The third-order valence-electron chi connectivity index (χ3n) is 4.11. The number of nitrogens with zero attached hydrogens (tertiary/aromatic N) is 1. The molecule has 0 spiro atoms. The highest BCUT2D eigenvalue weighted by molar-refractivity contribution is 5.88. The monoisotopic (exact) mass is 273 g/mol. The van der Waals surface area contributed by atoms with Crippen molar-refractivity contribution in [3.05, 3.63) is 29.5 Å². The van der Waals surface area contributed by atoms with Gasteiger partial charge in [0.25, 0.3) is 0 Å². The molecule has 1 heterocycles. The summed E-state index contributed by atoms with van der Waals surface area (Å²) in [4.78, 5) is 4.49. The van der Waals surface area contributed by atoms with E-state index in [1.54, 1.807) is 14.2 Å². The minimum absolute atomic E-state index is 0.0525. The van der Waals surface area contributed by atoms with Crippen molar-refractivity contribution in [1.29, 1.82) is 0 Å². The second-order valence-corrected chi connectivity index (χ2v) is 5.18. The third kappa shape index (κ3) is 2.00. The molecule has 1 aliphatic rings. The minimum atomic E-state index is -0.0525. The Morgan fingerprint density at radius 2 is 2.05 bits per heavy atom. The van der Waals surface area contributed by atoms with Gasteiger partial charge in [-0.25, -0.2) is 0 Å². The maximum absolute atomic E-state index is 9.24. The number of aliphatic hydroxyl groups is 1.